The molecule has 0 atom stereocenters. The molecule has 0 amide bonds. The molecular weight excluding hydrogens is 703 g/mol. The molecular formula is C55H39N3. The number of nitrogens with one attached hydrogen (secondary N) is 1. The van der Waals surface area contributed by atoms with Crippen LogP contribution in [0.3, 0.4) is 0 Å². The third-order valence-electron chi connectivity index (χ3n) is 11.5. The number of benzene rings is 10. The second-order valence-corrected chi connectivity index (χ2v) is 15.1. The Morgan fingerprint density at radius 2 is 0.966 bits per heavy atom. The Morgan fingerprint density at radius 1 is 0.414 bits per heavy atom. The summed E-state index contributed by atoms with van der Waals surface area (Å²) in [7, 11) is 0. The summed E-state index contributed by atoms with van der Waals surface area (Å²) in [6.07, 6.45) is 0. The van der Waals surface area contributed by atoms with Crippen molar-refractivity contribution in [1.82, 2.24) is 0 Å². The summed E-state index contributed by atoms with van der Waals surface area (Å²) in [5.74, 6) is 0. The average molecular weight is 742 g/mol. The Bertz CT molecular complexity index is 3160. The van der Waals surface area contributed by atoms with Crippen molar-refractivity contribution >= 4 is 60.8 Å². The predicted octanol–water partition coefficient (Wildman–Crippen LogP) is 15.3. The van der Waals surface area contributed by atoms with Crippen LogP contribution in [0.2, 0.25) is 0 Å². The zero-order valence-corrected chi connectivity index (χ0v) is 32.4. The minimum absolute atomic E-state index is 0.651. The molecule has 10 rings (SSSR count). The normalized spacial score (nSPS) is 11.3. The van der Waals surface area contributed by atoms with Gasteiger partial charge in [-0.05, 0) is 128 Å². The van der Waals surface area contributed by atoms with E-state index >= 15 is 0 Å². The van der Waals surface area contributed by atoms with Crippen LogP contribution in [0.4, 0.5) is 28.4 Å². The third kappa shape index (κ3) is 6.18. The molecule has 0 heterocycles. The lowest BCUT2D eigenvalue weighted by atomic mass is 9.91. The minimum Gasteiger partial charge on any atom is -0.355 e. The minimum atomic E-state index is 0.651. The first kappa shape index (κ1) is 34.8. The molecule has 0 bridgehead atoms. The molecule has 3 nitrogen and oxygen atoms in total. The molecule has 10 aromatic carbocycles. The summed E-state index contributed by atoms with van der Waals surface area (Å²) in [4.78, 5) is 2.43. The van der Waals surface area contributed by atoms with E-state index in [1.165, 1.54) is 60.1 Å². The molecule has 0 saturated carbocycles. The molecule has 0 spiro atoms. The smallest absolute Gasteiger partial charge is 0.0991 e. The van der Waals surface area contributed by atoms with Crippen LogP contribution in [0.15, 0.2) is 194 Å². The lowest BCUT2D eigenvalue weighted by Gasteiger charge is -2.30. The van der Waals surface area contributed by atoms with Gasteiger partial charge in [0.15, 0.2) is 0 Å². The van der Waals surface area contributed by atoms with Gasteiger partial charge >= 0.3 is 0 Å². The summed E-state index contributed by atoms with van der Waals surface area (Å²) in [5, 5.41) is 20.6. The lowest BCUT2D eigenvalue weighted by molar-refractivity contribution is 1.26. The second-order valence-electron chi connectivity index (χ2n) is 15.1. The highest BCUT2D eigenvalue weighted by atomic mass is 15.1. The predicted molar refractivity (Wildman–Crippen MR) is 245 cm³/mol. The number of rotatable bonds is 8. The van der Waals surface area contributed by atoms with E-state index in [4.69, 9.17) is 0 Å². The molecule has 10 aromatic rings. The van der Waals surface area contributed by atoms with Crippen LogP contribution in [0.1, 0.15) is 16.7 Å². The number of aryl methyl sites for hydroxylation is 2. The van der Waals surface area contributed by atoms with Crippen LogP contribution < -0.4 is 10.2 Å². The molecule has 1 N–H and O–H groups in total. The molecule has 58 heavy (non-hydrogen) atoms. The van der Waals surface area contributed by atoms with Crippen molar-refractivity contribution in [3.63, 3.8) is 0 Å². The number of hydrogen-bond acceptors (Lipinski definition) is 3. The van der Waals surface area contributed by atoms with Gasteiger partial charge < -0.3 is 10.2 Å². The summed E-state index contributed by atoms with van der Waals surface area (Å²) >= 11 is 0. The molecule has 0 aliphatic rings. The van der Waals surface area contributed by atoms with Gasteiger partial charge in [0.1, 0.15) is 0 Å². The Morgan fingerprint density at radius 3 is 1.67 bits per heavy atom. The summed E-state index contributed by atoms with van der Waals surface area (Å²) in [5.41, 5.74) is 15.4. The van der Waals surface area contributed by atoms with E-state index in [1.54, 1.807) is 0 Å². The van der Waals surface area contributed by atoms with Crippen molar-refractivity contribution in [2.24, 2.45) is 0 Å². The molecule has 0 aromatic heterocycles. The van der Waals surface area contributed by atoms with Gasteiger partial charge in [0.25, 0.3) is 0 Å². The van der Waals surface area contributed by atoms with Crippen molar-refractivity contribution in [3.05, 3.63) is 211 Å². The van der Waals surface area contributed by atoms with E-state index < -0.39 is 0 Å². The number of hydrogen-bond donors (Lipinski definition) is 1. The van der Waals surface area contributed by atoms with E-state index in [9.17, 15) is 5.26 Å². The van der Waals surface area contributed by atoms with E-state index in [0.29, 0.717) is 5.56 Å². The van der Waals surface area contributed by atoms with Crippen molar-refractivity contribution in [2.45, 2.75) is 13.8 Å². The van der Waals surface area contributed by atoms with Gasteiger partial charge in [-0.2, -0.15) is 5.26 Å². The van der Waals surface area contributed by atoms with Crippen LogP contribution >= 0.6 is 0 Å². The summed E-state index contributed by atoms with van der Waals surface area (Å²) in [6, 6.07) is 71.6. The quantitative estimate of drug-likeness (QED) is 0.158. The fraction of sp³-hybridized carbons (Fsp3) is 0.0364. The third-order valence-corrected chi connectivity index (χ3v) is 11.5. The topological polar surface area (TPSA) is 39.1 Å². The Kier molecular flexibility index (Phi) is 8.66. The Labute approximate surface area is 339 Å². The fourth-order valence-corrected chi connectivity index (χ4v) is 8.43. The van der Waals surface area contributed by atoms with Crippen molar-refractivity contribution < 1.29 is 0 Å². The molecule has 0 saturated heterocycles. The maximum atomic E-state index is 9.47. The van der Waals surface area contributed by atoms with Crippen LogP contribution in [-0.4, -0.2) is 0 Å². The Hall–Kier alpha value is -7.67. The van der Waals surface area contributed by atoms with Gasteiger partial charge in [-0.25, -0.2) is 0 Å². The van der Waals surface area contributed by atoms with E-state index in [0.717, 1.165) is 45.1 Å². The zero-order chi connectivity index (χ0) is 39.2. The van der Waals surface area contributed by atoms with E-state index in [2.05, 4.69) is 200 Å². The summed E-state index contributed by atoms with van der Waals surface area (Å²) in [6.45, 7) is 4.36. The van der Waals surface area contributed by atoms with Crippen LogP contribution in [0, 0.1) is 25.2 Å². The second kappa shape index (κ2) is 14.4. The van der Waals surface area contributed by atoms with Gasteiger partial charge in [-0.1, -0.05) is 146 Å². The maximum absolute atomic E-state index is 9.47. The Balaban J connectivity index is 1.16. The molecule has 0 aliphatic carbocycles. The maximum Gasteiger partial charge on any atom is 0.0991 e. The van der Waals surface area contributed by atoms with Crippen molar-refractivity contribution in [2.75, 3.05) is 10.2 Å². The van der Waals surface area contributed by atoms with Gasteiger partial charge in [0, 0.05) is 33.5 Å². The first-order valence-electron chi connectivity index (χ1n) is 19.7. The van der Waals surface area contributed by atoms with Crippen molar-refractivity contribution in [3.8, 4) is 39.4 Å². The first-order valence-corrected chi connectivity index (χ1v) is 19.7. The van der Waals surface area contributed by atoms with Gasteiger partial charge in [0.05, 0.1) is 17.3 Å². The molecule has 0 aliphatic heterocycles. The molecule has 0 radical (unpaired) electrons. The summed E-state index contributed by atoms with van der Waals surface area (Å²) < 4.78 is 0. The highest BCUT2D eigenvalue weighted by Gasteiger charge is 2.22. The van der Waals surface area contributed by atoms with Gasteiger partial charge in [0.2, 0.25) is 0 Å². The zero-order valence-electron chi connectivity index (χ0n) is 32.4. The standard InChI is InChI=1S/C55H39N3/c1-36-16-20-45(39-10-5-3-6-11-39)33-51(36)57-50-30-26-42-25-29-49-52(31-27-43-24-28-48(50)54(42)55(43)49)58(53-34-46(21-17-37(53)2)40-12-7-4-8-13-40)47-15-9-14-44(32-47)41-22-18-38(35-56)19-23-41/h3-34,57H,1-2H3. The van der Waals surface area contributed by atoms with Crippen LogP contribution in [0.5, 0.6) is 0 Å². The van der Waals surface area contributed by atoms with Gasteiger partial charge in [-0.3, -0.25) is 0 Å². The average Bonchev–Trinajstić information content (AvgIpc) is 3.28. The first-order chi connectivity index (χ1) is 28.5. The molecule has 274 valence electrons. The number of nitrogens with zero attached hydrogens (tertiary/aromatic N) is 2. The molecule has 0 unspecified atom stereocenters. The largest absolute Gasteiger partial charge is 0.355 e. The lowest BCUT2D eigenvalue weighted by Crippen LogP contribution is -2.12. The van der Waals surface area contributed by atoms with Crippen molar-refractivity contribution in [1.29, 1.82) is 5.26 Å². The van der Waals surface area contributed by atoms with Crippen LogP contribution in [-0.2, 0) is 0 Å². The van der Waals surface area contributed by atoms with Gasteiger partial charge in [-0.15, -0.1) is 0 Å². The highest BCUT2D eigenvalue weighted by Crippen LogP contribution is 2.47. The SMILES string of the molecule is Cc1ccc(-c2ccccc2)cc1Nc1ccc2ccc3c(N(c4cccc(-c5ccc(C#N)cc5)c4)c4cc(-c5ccccc5)ccc4C)ccc4ccc1c2c43. The van der Waals surface area contributed by atoms with E-state index in [1.807, 2.05) is 24.3 Å². The van der Waals surface area contributed by atoms with Crippen LogP contribution in [0.25, 0.3) is 65.7 Å². The number of anilines is 5. The molecule has 0 fully saturated rings. The monoisotopic (exact) mass is 741 g/mol. The highest BCUT2D eigenvalue weighted by molar-refractivity contribution is 6.28. The fourth-order valence-electron chi connectivity index (χ4n) is 8.43. The van der Waals surface area contributed by atoms with E-state index in [-0.39, 0.29) is 0 Å². The molecule has 3 heteroatoms. The number of nitriles is 1.